The molecule has 2 bridgehead atoms. The Morgan fingerprint density at radius 2 is 2.29 bits per heavy atom. The quantitative estimate of drug-likeness (QED) is 0.923. The average molecular weight is 344 g/mol. The van der Waals surface area contributed by atoms with Crippen molar-refractivity contribution in [2.24, 2.45) is 0 Å². The predicted molar refractivity (Wildman–Crippen MR) is 92.2 cm³/mol. The highest BCUT2D eigenvalue weighted by Gasteiger charge is 2.43. The lowest BCUT2D eigenvalue weighted by atomic mass is 9.95. The standard InChI is InChI=1S/C17H20N4O2S/c22-16(20-12-8-10-3-4-14(12)23-10)13-2-1-6-21(13)15-11-5-7-24-17(11)19-9-18-15/h5,7,9-10,12-14H,1-4,6,8H2,(H,20,22)/t10-,12+,13+,14+/m1/s1. The Kier molecular flexibility index (Phi) is 3.45. The van der Waals surface area contributed by atoms with Gasteiger partial charge in [-0.25, -0.2) is 9.97 Å². The van der Waals surface area contributed by atoms with Crippen LogP contribution in [0.4, 0.5) is 5.82 Å². The van der Waals surface area contributed by atoms with Crippen molar-refractivity contribution in [3.63, 3.8) is 0 Å². The summed E-state index contributed by atoms with van der Waals surface area (Å²) in [7, 11) is 0. The summed E-state index contributed by atoms with van der Waals surface area (Å²) in [6.07, 6.45) is 7.25. The fourth-order valence-corrected chi connectivity index (χ4v) is 5.09. The van der Waals surface area contributed by atoms with Crippen molar-refractivity contribution in [2.75, 3.05) is 11.4 Å². The summed E-state index contributed by atoms with van der Waals surface area (Å²) in [5.41, 5.74) is 0. The van der Waals surface area contributed by atoms with E-state index in [4.69, 9.17) is 4.74 Å². The minimum Gasteiger partial charge on any atom is -0.373 e. The minimum absolute atomic E-state index is 0.121. The summed E-state index contributed by atoms with van der Waals surface area (Å²) in [6, 6.07) is 2.10. The van der Waals surface area contributed by atoms with Gasteiger partial charge in [-0.05, 0) is 43.6 Å². The van der Waals surface area contributed by atoms with Gasteiger partial charge in [0.1, 0.15) is 23.0 Å². The lowest BCUT2D eigenvalue weighted by Crippen LogP contribution is -2.50. The Morgan fingerprint density at radius 1 is 1.33 bits per heavy atom. The molecule has 2 aromatic heterocycles. The topological polar surface area (TPSA) is 67.3 Å². The van der Waals surface area contributed by atoms with Gasteiger partial charge in [0.15, 0.2) is 0 Å². The van der Waals surface area contributed by atoms with Crippen molar-refractivity contribution in [1.29, 1.82) is 0 Å². The molecule has 2 aromatic rings. The predicted octanol–water partition coefficient (Wildman–Crippen LogP) is 2.10. The van der Waals surface area contributed by atoms with Crippen molar-refractivity contribution in [2.45, 2.75) is 56.4 Å². The number of carbonyl (C=O) groups is 1. The largest absolute Gasteiger partial charge is 0.373 e. The SMILES string of the molecule is O=C(N[C@H]1C[C@H]2CC[C@@H]1O2)[C@@H]1CCCN1c1ncnc2sccc12. The molecule has 1 N–H and O–H groups in total. The van der Waals surface area contributed by atoms with Crippen molar-refractivity contribution in [3.05, 3.63) is 17.8 Å². The molecule has 24 heavy (non-hydrogen) atoms. The third kappa shape index (κ3) is 2.29. The zero-order chi connectivity index (χ0) is 16.1. The highest BCUT2D eigenvalue weighted by atomic mass is 32.1. The van der Waals surface area contributed by atoms with Gasteiger partial charge in [0.25, 0.3) is 0 Å². The Hall–Kier alpha value is -1.73. The third-order valence-corrected chi connectivity index (χ3v) is 6.32. The van der Waals surface area contributed by atoms with Crippen LogP contribution in [0.25, 0.3) is 10.2 Å². The molecule has 3 fully saturated rings. The first-order chi connectivity index (χ1) is 11.8. The van der Waals surface area contributed by atoms with Gasteiger partial charge in [-0.1, -0.05) is 0 Å². The molecule has 7 heteroatoms. The molecular weight excluding hydrogens is 324 g/mol. The fraction of sp³-hybridized carbons (Fsp3) is 0.588. The molecule has 0 saturated carbocycles. The number of ether oxygens (including phenoxy) is 1. The van der Waals surface area contributed by atoms with Crippen LogP contribution < -0.4 is 10.2 Å². The molecule has 0 aliphatic carbocycles. The van der Waals surface area contributed by atoms with E-state index in [1.54, 1.807) is 17.7 Å². The van der Waals surface area contributed by atoms with Crippen LogP contribution in [-0.4, -0.2) is 46.7 Å². The molecule has 3 saturated heterocycles. The molecule has 5 rings (SSSR count). The van der Waals surface area contributed by atoms with Gasteiger partial charge in [0.05, 0.1) is 23.6 Å². The lowest BCUT2D eigenvalue weighted by Gasteiger charge is -2.28. The smallest absolute Gasteiger partial charge is 0.243 e. The van der Waals surface area contributed by atoms with E-state index in [9.17, 15) is 4.79 Å². The second-order valence-corrected chi connectivity index (χ2v) is 7.81. The lowest BCUT2D eigenvalue weighted by molar-refractivity contribution is -0.123. The van der Waals surface area contributed by atoms with Crippen LogP contribution in [-0.2, 0) is 9.53 Å². The van der Waals surface area contributed by atoms with Crippen LogP contribution in [0.2, 0.25) is 0 Å². The number of nitrogens with one attached hydrogen (secondary N) is 1. The van der Waals surface area contributed by atoms with E-state index in [2.05, 4.69) is 20.2 Å². The van der Waals surface area contributed by atoms with Crippen molar-refractivity contribution >= 4 is 33.3 Å². The molecule has 6 nitrogen and oxygen atoms in total. The van der Waals surface area contributed by atoms with E-state index in [1.165, 1.54) is 0 Å². The molecular formula is C17H20N4O2S. The molecule has 126 valence electrons. The molecule has 0 unspecified atom stereocenters. The highest BCUT2D eigenvalue weighted by Crippen LogP contribution is 2.35. The number of thiophene rings is 1. The number of hydrogen-bond acceptors (Lipinski definition) is 6. The van der Waals surface area contributed by atoms with E-state index < -0.39 is 0 Å². The van der Waals surface area contributed by atoms with Gasteiger partial charge >= 0.3 is 0 Å². The Balaban J connectivity index is 1.37. The summed E-state index contributed by atoms with van der Waals surface area (Å²) in [4.78, 5) is 24.8. The summed E-state index contributed by atoms with van der Waals surface area (Å²) < 4.78 is 5.86. The van der Waals surface area contributed by atoms with Gasteiger partial charge in [-0.3, -0.25) is 4.79 Å². The second-order valence-electron chi connectivity index (χ2n) is 6.91. The van der Waals surface area contributed by atoms with Crippen molar-refractivity contribution in [3.8, 4) is 0 Å². The summed E-state index contributed by atoms with van der Waals surface area (Å²) in [6.45, 7) is 0.868. The number of carbonyl (C=O) groups excluding carboxylic acids is 1. The first kappa shape index (κ1) is 14.6. The zero-order valence-corrected chi connectivity index (χ0v) is 14.2. The number of nitrogens with zero attached hydrogens (tertiary/aromatic N) is 3. The van der Waals surface area contributed by atoms with Crippen molar-refractivity contribution < 1.29 is 9.53 Å². The van der Waals surface area contributed by atoms with Crippen LogP contribution in [0.1, 0.15) is 32.1 Å². The zero-order valence-electron chi connectivity index (χ0n) is 13.4. The maximum absolute atomic E-state index is 12.9. The Bertz CT molecular complexity index is 779. The van der Waals surface area contributed by atoms with E-state index in [0.717, 1.165) is 54.7 Å². The average Bonchev–Trinajstić information content (AvgIpc) is 3.36. The van der Waals surface area contributed by atoms with Gasteiger partial charge in [0, 0.05) is 6.54 Å². The van der Waals surface area contributed by atoms with E-state index in [-0.39, 0.29) is 24.1 Å². The molecule has 5 heterocycles. The van der Waals surface area contributed by atoms with Gasteiger partial charge in [-0.2, -0.15) is 0 Å². The number of fused-ring (bicyclic) bond motifs is 3. The second kappa shape index (κ2) is 5.67. The number of hydrogen-bond donors (Lipinski definition) is 1. The monoisotopic (exact) mass is 344 g/mol. The van der Waals surface area contributed by atoms with Gasteiger partial charge in [-0.15, -0.1) is 11.3 Å². The molecule has 3 aliphatic rings. The molecule has 4 atom stereocenters. The molecule has 0 aromatic carbocycles. The fourth-order valence-electron chi connectivity index (χ4n) is 4.37. The van der Waals surface area contributed by atoms with Gasteiger partial charge < -0.3 is 15.0 Å². The van der Waals surface area contributed by atoms with Crippen LogP contribution in [0.3, 0.4) is 0 Å². The maximum Gasteiger partial charge on any atom is 0.243 e. The first-order valence-corrected chi connectivity index (χ1v) is 9.58. The number of aromatic nitrogens is 2. The summed E-state index contributed by atoms with van der Waals surface area (Å²) >= 11 is 1.61. The van der Waals surface area contributed by atoms with Crippen LogP contribution in [0.15, 0.2) is 17.8 Å². The Morgan fingerprint density at radius 3 is 3.12 bits per heavy atom. The third-order valence-electron chi connectivity index (χ3n) is 5.50. The van der Waals surface area contributed by atoms with Crippen LogP contribution in [0.5, 0.6) is 0 Å². The van der Waals surface area contributed by atoms with E-state index in [1.807, 2.05) is 11.4 Å². The molecule has 0 spiro atoms. The molecule has 0 radical (unpaired) electrons. The first-order valence-electron chi connectivity index (χ1n) is 8.70. The summed E-state index contributed by atoms with van der Waals surface area (Å²) in [5, 5.41) is 6.32. The highest BCUT2D eigenvalue weighted by molar-refractivity contribution is 7.16. The van der Waals surface area contributed by atoms with Crippen LogP contribution >= 0.6 is 11.3 Å². The van der Waals surface area contributed by atoms with Crippen molar-refractivity contribution in [1.82, 2.24) is 15.3 Å². The van der Waals surface area contributed by atoms with Crippen LogP contribution in [0, 0.1) is 0 Å². The number of rotatable bonds is 3. The normalized spacial score (nSPS) is 31.9. The maximum atomic E-state index is 12.9. The number of anilines is 1. The van der Waals surface area contributed by atoms with Gasteiger partial charge in [0.2, 0.25) is 5.91 Å². The minimum atomic E-state index is -0.137. The van der Waals surface area contributed by atoms with E-state index in [0.29, 0.717) is 6.10 Å². The van der Waals surface area contributed by atoms with E-state index >= 15 is 0 Å². The molecule has 1 amide bonds. The Labute approximate surface area is 144 Å². The number of amides is 1. The molecule has 3 aliphatic heterocycles. The summed E-state index contributed by atoms with van der Waals surface area (Å²) in [5.74, 6) is 1.01.